The number of benzene rings is 6. The summed E-state index contributed by atoms with van der Waals surface area (Å²) in [6, 6.07) is 42.4. The minimum atomic E-state index is -0.120. The van der Waals surface area contributed by atoms with E-state index in [-0.39, 0.29) is 12.3 Å². The lowest BCUT2D eigenvalue weighted by atomic mass is 9.42. The van der Waals surface area contributed by atoms with Gasteiger partial charge in [0.15, 0.2) is 0 Å². The number of hydrogen-bond donors (Lipinski definition) is 0. The van der Waals surface area contributed by atoms with E-state index in [2.05, 4.69) is 126 Å². The van der Waals surface area contributed by atoms with Gasteiger partial charge in [-0.1, -0.05) is 80.6 Å². The van der Waals surface area contributed by atoms with Crippen LogP contribution < -0.4 is 15.7 Å². The second-order valence-electron chi connectivity index (χ2n) is 23.7. The SMILES string of the molecule is CC1(C)c2ccccc2N2B3c4c(cc5c(sc6ccccc65)c4-n4c5ccc(C67CC8CC(CC(C8)C6)C7)cc5c5cc(C67CC8CC(CC(C8)C6)C7)cc3c54)-c3cccc1c32. The summed E-state index contributed by atoms with van der Waals surface area (Å²) in [5.74, 6) is 5.51. The lowest BCUT2D eigenvalue weighted by Crippen LogP contribution is -2.62. The second-order valence-corrected chi connectivity index (χ2v) is 24.8. The summed E-state index contributed by atoms with van der Waals surface area (Å²) in [5.41, 5.74) is 19.9. The van der Waals surface area contributed by atoms with Gasteiger partial charge >= 0.3 is 6.85 Å². The van der Waals surface area contributed by atoms with Gasteiger partial charge in [0, 0.05) is 48.6 Å². The summed E-state index contributed by atoms with van der Waals surface area (Å²) in [7, 11) is 0. The van der Waals surface area contributed by atoms with Crippen molar-refractivity contribution in [2.24, 2.45) is 35.5 Å². The zero-order valence-electron chi connectivity index (χ0n) is 36.6. The van der Waals surface area contributed by atoms with Gasteiger partial charge in [-0.3, -0.25) is 0 Å². The largest absolute Gasteiger partial charge is 0.376 e. The summed E-state index contributed by atoms with van der Waals surface area (Å²) < 4.78 is 5.68. The standard InChI is InChI=1S/C59H53BN2S/c1-57(2)46-10-4-5-12-50(46)62-53-41(9-7-11-47(53)57)43-25-45-40-8-3-6-13-51(40)63-56(45)55-52(43)60(62)48-24-39(59-29-35-19-36(30-59)21-37(20-35)31-59)23-44-42-22-38(14-15-49(42)61(55)54(44)48)58-26-32-16-33(27-58)18-34(17-32)28-58/h3-15,22-25,32-37H,16-21,26-31H2,1-2H3. The van der Waals surface area contributed by atoms with E-state index in [0.29, 0.717) is 10.8 Å². The van der Waals surface area contributed by atoms with Crippen molar-refractivity contribution in [3.8, 4) is 16.8 Å². The molecule has 0 atom stereocenters. The van der Waals surface area contributed by atoms with Crippen LogP contribution in [-0.4, -0.2) is 11.4 Å². The third kappa shape index (κ3) is 4.10. The molecule has 19 rings (SSSR count). The van der Waals surface area contributed by atoms with Crippen molar-refractivity contribution in [2.75, 3.05) is 4.81 Å². The van der Waals surface area contributed by atoms with Crippen LogP contribution in [0.1, 0.15) is 113 Å². The molecule has 8 saturated carbocycles. The lowest BCUT2D eigenvalue weighted by molar-refractivity contribution is -0.00526. The summed E-state index contributed by atoms with van der Waals surface area (Å²) in [6.45, 7) is 5.02. The molecule has 63 heavy (non-hydrogen) atoms. The van der Waals surface area contributed by atoms with Gasteiger partial charge in [-0.2, -0.15) is 0 Å². The number of anilines is 2. The van der Waals surface area contributed by atoms with Gasteiger partial charge < -0.3 is 9.38 Å². The molecule has 6 aromatic carbocycles. The molecule has 2 aromatic heterocycles. The molecular formula is C59H53BN2S. The highest BCUT2D eigenvalue weighted by Crippen LogP contribution is 2.64. The van der Waals surface area contributed by atoms with Gasteiger partial charge in [-0.05, 0) is 199 Å². The maximum Gasteiger partial charge on any atom is 0.333 e. The van der Waals surface area contributed by atoms with Crippen LogP contribution >= 0.6 is 11.3 Å². The van der Waals surface area contributed by atoms with E-state index in [1.54, 1.807) is 16.6 Å². The fraction of sp³-hybridized carbons (Fsp3) is 0.390. The fourth-order valence-electron chi connectivity index (χ4n) is 18.5. The zero-order chi connectivity index (χ0) is 40.9. The molecule has 8 aromatic rings. The van der Waals surface area contributed by atoms with Crippen molar-refractivity contribution < 1.29 is 0 Å². The van der Waals surface area contributed by atoms with Gasteiger partial charge in [0.2, 0.25) is 0 Å². The van der Waals surface area contributed by atoms with E-state index < -0.39 is 0 Å². The Hall–Kier alpha value is -4.80. The third-order valence-corrected chi connectivity index (χ3v) is 21.2. The van der Waals surface area contributed by atoms with Crippen molar-refractivity contribution in [1.29, 1.82) is 0 Å². The average molecular weight is 833 g/mol. The molecular weight excluding hydrogens is 780 g/mol. The molecule has 0 radical (unpaired) electrons. The monoisotopic (exact) mass is 832 g/mol. The number of fused-ring (bicyclic) bond motifs is 13. The molecule has 11 aliphatic rings. The number of para-hydroxylation sites is 2. The molecule has 3 aliphatic heterocycles. The Kier molecular flexibility index (Phi) is 6.13. The molecule has 0 saturated heterocycles. The van der Waals surface area contributed by atoms with Crippen LogP contribution in [0.2, 0.25) is 0 Å². The van der Waals surface area contributed by atoms with E-state index in [1.165, 1.54) is 164 Å². The molecule has 308 valence electrons. The Balaban J connectivity index is 1.04. The van der Waals surface area contributed by atoms with Gasteiger partial charge in [-0.15, -0.1) is 11.3 Å². The van der Waals surface area contributed by atoms with Crippen LogP contribution in [0.4, 0.5) is 11.4 Å². The van der Waals surface area contributed by atoms with E-state index in [0.717, 1.165) is 35.5 Å². The van der Waals surface area contributed by atoms with Gasteiger partial charge in [0.25, 0.3) is 0 Å². The van der Waals surface area contributed by atoms with Crippen LogP contribution in [0.25, 0.3) is 58.8 Å². The summed E-state index contributed by atoms with van der Waals surface area (Å²) in [4.78, 5) is 2.87. The Morgan fingerprint density at radius 2 is 1.17 bits per heavy atom. The third-order valence-electron chi connectivity index (χ3n) is 20.0. The molecule has 0 unspecified atom stereocenters. The zero-order valence-corrected chi connectivity index (χ0v) is 37.5. The van der Waals surface area contributed by atoms with Crippen molar-refractivity contribution >= 4 is 82.5 Å². The smallest absolute Gasteiger partial charge is 0.333 e. The van der Waals surface area contributed by atoms with Crippen LogP contribution in [0, 0.1) is 35.5 Å². The van der Waals surface area contributed by atoms with Crippen molar-refractivity contribution in [3.63, 3.8) is 0 Å². The highest BCUT2D eigenvalue weighted by molar-refractivity contribution is 7.26. The van der Waals surface area contributed by atoms with E-state index >= 15 is 0 Å². The predicted octanol–water partition coefficient (Wildman–Crippen LogP) is 14.0. The molecule has 4 heteroatoms. The summed E-state index contributed by atoms with van der Waals surface area (Å²) in [6.07, 6.45) is 17.3. The molecule has 8 aliphatic carbocycles. The minimum absolute atomic E-state index is 0.0753. The Labute approximate surface area is 374 Å². The normalized spacial score (nSPS) is 31.7. The second kappa shape index (κ2) is 11.2. The summed E-state index contributed by atoms with van der Waals surface area (Å²) in [5, 5.41) is 5.87. The fourth-order valence-corrected chi connectivity index (χ4v) is 19.7. The topological polar surface area (TPSA) is 8.17 Å². The molecule has 2 nitrogen and oxygen atoms in total. The molecule has 0 spiro atoms. The summed E-state index contributed by atoms with van der Waals surface area (Å²) >= 11 is 2.03. The number of thiophene rings is 1. The Bertz CT molecular complexity index is 3360. The predicted molar refractivity (Wildman–Crippen MR) is 265 cm³/mol. The van der Waals surface area contributed by atoms with Gasteiger partial charge in [0.05, 0.1) is 21.4 Å². The number of nitrogens with zero attached hydrogens (tertiary/aromatic N) is 2. The van der Waals surface area contributed by atoms with Gasteiger partial charge in [-0.25, -0.2) is 0 Å². The van der Waals surface area contributed by atoms with E-state index in [1.807, 2.05) is 11.3 Å². The molecule has 8 fully saturated rings. The van der Waals surface area contributed by atoms with Crippen LogP contribution in [0.3, 0.4) is 0 Å². The Morgan fingerprint density at radius 1 is 0.540 bits per heavy atom. The van der Waals surface area contributed by atoms with E-state index in [9.17, 15) is 0 Å². The first-order chi connectivity index (χ1) is 30.8. The molecule has 5 heterocycles. The first-order valence-corrected chi connectivity index (χ1v) is 25.8. The van der Waals surface area contributed by atoms with Gasteiger partial charge in [0.1, 0.15) is 0 Å². The average Bonchev–Trinajstić information content (AvgIpc) is 3.82. The molecule has 0 amide bonds. The number of rotatable bonds is 2. The highest BCUT2D eigenvalue weighted by Gasteiger charge is 2.55. The first-order valence-electron chi connectivity index (χ1n) is 25.0. The van der Waals surface area contributed by atoms with Crippen LogP contribution in [0.15, 0.2) is 103 Å². The van der Waals surface area contributed by atoms with Crippen molar-refractivity contribution in [3.05, 3.63) is 125 Å². The lowest BCUT2D eigenvalue weighted by Gasteiger charge is -2.57. The molecule has 0 N–H and O–H groups in total. The van der Waals surface area contributed by atoms with Crippen LogP contribution in [0.5, 0.6) is 0 Å². The van der Waals surface area contributed by atoms with Crippen molar-refractivity contribution in [1.82, 2.24) is 4.57 Å². The van der Waals surface area contributed by atoms with Crippen molar-refractivity contribution in [2.45, 2.75) is 107 Å². The Morgan fingerprint density at radius 3 is 1.90 bits per heavy atom. The van der Waals surface area contributed by atoms with Crippen LogP contribution in [-0.2, 0) is 16.2 Å². The number of hydrogen-bond acceptors (Lipinski definition) is 2. The minimum Gasteiger partial charge on any atom is -0.376 e. The maximum absolute atomic E-state index is 2.87. The number of aromatic nitrogens is 1. The maximum atomic E-state index is 2.87. The quantitative estimate of drug-likeness (QED) is 0.158. The van der Waals surface area contributed by atoms with E-state index in [4.69, 9.17) is 0 Å². The highest BCUT2D eigenvalue weighted by atomic mass is 32.1. The molecule has 8 bridgehead atoms. The first kappa shape index (κ1) is 34.6.